The van der Waals surface area contributed by atoms with Crippen LogP contribution in [-0.4, -0.2) is 28.3 Å². The van der Waals surface area contributed by atoms with Gasteiger partial charge in [-0.15, -0.1) is 0 Å². The molecule has 0 saturated carbocycles. The predicted molar refractivity (Wildman–Crippen MR) is 73.4 cm³/mol. The first kappa shape index (κ1) is 14.7. The Hall–Kier alpha value is -0.350. The van der Waals surface area contributed by atoms with E-state index in [0.717, 1.165) is 0 Å². The molecule has 7 heteroatoms. The Kier molecular flexibility index (Phi) is 5.20. The second-order valence-corrected chi connectivity index (χ2v) is 6.36. The summed E-state index contributed by atoms with van der Waals surface area (Å²) in [5, 5.41) is 3.17. The van der Waals surface area contributed by atoms with Crippen molar-refractivity contribution in [2.24, 2.45) is 0 Å². The Balaban J connectivity index is 2.60. The molecule has 0 aliphatic rings. The molecule has 0 fully saturated rings. The molecule has 2 amide bonds. The van der Waals surface area contributed by atoms with Gasteiger partial charge in [-0.25, -0.2) is 4.79 Å². The molecule has 0 aliphatic carbocycles. The number of urea groups is 1. The van der Waals surface area contributed by atoms with Crippen LogP contribution < -0.4 is 5.32 Å². The number of carbonyl (C=O) groups excluding carboxylic acids is 1. The summed E-state index contributed by atoms with van der Waals surface area (Å²) in [5.74, 6) is 0. The van der Waals surface area contributed by atoms with E-state index in [-0.39, 0.29) is 12.6 Å². The molecule has 1 N–H and O–H groups in total. The van der Waals surface area contributed by atoms with E-state index in [1.165, 1.54) is 11.9 Å². The number of benzene rings is 1. The molecule has 1 aromatic rings. The van der Waals surface area contributed by atoms with Crippen LogP contribution in [0.5, 0.6) is 0 Å². The molecule has 1 rings (SSSR count). The van der Waals surface area contributed by atoms with E-state index >= 15 is 0 Å². The Morgan fingerprint density at radius 1 is 1.41 bits per heavy atom. The van der Waals surface area contributed by atoms with E-state index < -0.39 is 3.79 Å². The predicted octanol–water partition coefficient (Wildman–Crippen LogP) is 4.17. The monoisotopic (exact) mass is 314 g/mol. The van der Waals surface area contributed by atoms with Gasteiger partial charge in [0, 0.05) is 17.8 Å². The van der Waals surface area contributed by atoms with Crippen molar-refractivity contribution in [2.75, 3.05) is 18.9 Å². The van der Waals surface area contributed by atoms with Gasteiger partial charge in [-0.1, -0.05) is 52.5 Å². The zero-order chi connectivity index (χ0) is 13.1. The fourth-order valence-electron chi connectivity index (χ4n) is 1.13. The highest BCUT2D eigenvalue weighted by Crippen LogP contribution is 2.26. The molecule has 0 spiro atoms. The van der Waals surface area contributed by atoms with Crippen molar-refractivity contribution in [1.29, 1.82) is 0 Å². The van der Waals surface area contributed by atoms with Crippen molar-refractivity contribution in [3.8, 4) is 0 Å². The van der Waals surface area contributed by atoms with Crippen LogP contribution in [0.3, 0.4) is 0 Å². The van der Waals surface area contributed by atoms with E-state index in [9.17, 15) is 4.79 Å². The van der Waals surface area contributed by atoms with Gasteiger partial charge in [0.15, 0.2) is 0 Å². The quantitative estimate of drug-likeness (QED) is 0.816. The van der Waals surface area contributed by atoms with Gasteiger partial charge in [-0.2, -0.15) is 0 Å². The van der Waals surface area contributed by atoms with Crippen LogP contribution in [0.4, 0.5) is 10.5 Å². The third-order valence-electron chi connectivity index (χ3n) is 1.84. The lowest BCUT2D eigenvalue weighted by Gasteiger charge is -2.22. The lowest BCUT2D eigenvalue weighted by molar-refractivity contribution is 0.223. The van der Waals surface area contributed by atoms with Crippen molar-refractivity contribution in [1.82, 2.24) is 4.90 Å². The average Bonchev–Trinajstić information content (AvgIpc) is 2.14. The Labute approximate surface area is 120 Å². The normalized spacial score (nSPS) is 11.1. The summed E-state index contributed by atoms with van der Waals surface area (Å²) in [5.41, 5.74) is 0.582. The zero-order valence-electron chi connectivity index (χ0n) is 8.88. The third kappa shape index (κ3) is 5.68. The van der Waals surface area contributed by atoms with E-state index in [0.29, 0.717) is 10.7 Å². The second kappa shape index (κ2) is 6.01. The van der Waals surface area contributed by atoms with Gasteiger partial charge in [0.2, 0.25) is 3.79 Å². The molecule has 94 valence electrons. The average molecular weight is 316 g/mol. The minimum atomic E-state index is -1.50. The fourth-order valence-corrected chi connectivity index (χ4v) is 1.85. The number of alkyl halides is 3. The fraction of sp³-hybridized carbons (Fsp3) is 0.300. The van der Waals surface area contributed by atoms with Crippen LogP contribution in [0.25, 0.3) is 0 Å². The number of amides is 2. The number of hydrogen-bond donors (Lipinski definition) is 1. The first-order valence-electron chi connectivity index (χ1n) is 4.62. The minimum Gasteiger partial charge on any atom is -0.323 e. The lowest BCUT2D eigenvalue weighted by Crippen LogP contribution is -2.37. The molecular weight excluding hydrogens is 306 g/mol. The summed E-state index contributed by atoms with van der Waals surface area (Å²) < 4.78 is -1.50. The highest BCUT2D eigenvalue weighted by atomic mass is 35.6. The maximum atomic E-state index is 11.7. The van der Waals surface area contributed by atoms with Crippen LogP contribution >= 0.6 is 46.4 Å². The van der Waals surface area contributed by atoms with Gasteiger partial charge >= 0.3 is 6.03 Å². The summed E-state index contributed by atoms with van der Waals surface area (Å²) in [6.07, 6.45) is 0. The first-order valence-corrected chi connectivity index (χ1v) is 6.13. The van der Waals surface area contributed by atoms with Crippen molar-refractivity contribution >= 4 is 58.1 Å². The van der Waals surface area contributed by atoms with Gasteiger partial charge in [-0.3, -0.25) is 0 Å². The van der Waals surface area contributed by atoms with Gasteiger partial charge in [0.05, 0.1) is 6.54 Å². The van der Waals surface area contributed by atoms with Gasteiger partial charge < -0.3 is 10.2 Å². The Morgan fingerprint density at radius 3 is 2.59 bits per heavy atom. The van der Waals surface area contributed by atoms with Gasteiger partial charge in [0.25, 0.3) is 0 Å². The van der Waals surface area contributed by atoms with E-state index in [1.54, 1.807) is 24.3 Å². The van der Waals surface area contributed by atoms with Crippen LogP contribution in [0.15, 0.2) is 24.3 Å². The van der Waals surface area contributed by atoms with E-state index in [4.69, 9.17) is 46.4 Å². The summed E-state index contributed by atoms with van der Waals surface area (Å²) in [6.45, 7) is -0.00986. The maximum Gasteiger partial charge on any atom is 0.321 e. The molecule has 0 aromatic heterocycles. The molecule has 17 heavy (non-hydrogen) atoms. The number of anilines is 1. The molecule has 0 heterocycles. The molecule has 3 nitrogen and oxygen atoms in total. The summed E-state index contributed by atoms with van der Waals surface area (Å²) >= 11 is 22.6. The summed E-state index contributed by atoms with van der Waals surface area (Å²) in [6, 6.07) is 6.41. The largest absolute Gasteiger partial charge is 0.323 e. The SMILES string of the molecule is CN(CC(Cl)(Cl)Cl)C(=O)Nc1cccc(Cl)c1. The molecule has 0 unspecified atom stereocenters. The molecule has 0 radical (unpaired) electrons. The highest BCUT2D eigenvalue weighted by Gasteiger charge is 2.24. The topological polar surface area (TPSA) is 32.3 Å². The molecule has 0 saturated heterocycles. The zero-order valence-corrected chi connectivity index (χ0v) is 11.9. The number of halogens is 4. The molecule has 0 bridgehead atoms. The molecule has 0 aliphatic heterocycles. The van der Waals surface area contributed by atoms with Gasteiger partial charge in [-0.05, 0) is 18.2 Å². The highest BCUT2D eigenvalue weighted by molar-refractivity contribution is 6.67. The lowest BCUT2D eigenvalue weighted by atomic mass is 10.3. The second-order valence-electron chi connectivity index (χ2n) is 3.41. The van der Waals surface area contributed by atoms with Crippen molar-refractivity contribution < 1.29 is 4.79 Å². The third-order valence-corrected chi connectivity index (χ3v) is 2.43. The number of nitrogens with one attached hydrogen (secondary N) is 1. The van der Waals surface area contributed by atoms with Crippen LogP contribution in [0.2, 0.25) is 5.02 Å². The molecule has 1 aromatic carbocycles. The number of nitrogens with zero attached hydrogens (tertiary/aromatic N) is 1. The number of carbonyl (C=O) groups is 1. The molecular formula is C10H10Cl4N2O. The minimum absolute atomic E-state index is 0.00986. The first-order chi connectivity index (χ1) is 7.78. The van der Waals surface area contributed by atoms with Crippen LogP contribution in [-0.2, 0) is 0 Å². The van der Waals surface area contributed by atoms with Crippen molar-refractivity contribution in [2.45, 2.75) is 3.79 Å². The van der Waals surface area contributed by atoms with Crippen LogP contribution in [0, 0.1) is 0 Å². The smallest absolute Gasteiger partial charge is 0.321 e. The standard InChI is InChI=1S/C10H10Cl4N2O/c1-16(6-10(12,13)14)9(17)15-8-4-2-3-7(11)5-8/h2-5H,6H2,1H3,(H,15,17). The Bertz CT molecular complexity index is 406. The van der Waals surface area contributed by atoms with Crippen LogP contribution in [0.1, 0.15) is 0 Å². The maximum absolute atomic E-state index is 11.7. The molecule has 0 atom stereocenters. The number of rotatable bonds is 2. The van der Waals surface area contributed by atoms with Gasteiger partial charge in [0.1, 0.15) is 0 Å². The Morgan fingerprint density at radius 2 is 2.06 bits per heavy atom. The summed E-state index contributed by atoms with van der Waals surface area (Å²) in [4.78, 5) is 13.0. The number of hydrogen-bond acceptors (Lipinski definition) is 1. The summed E-state index contributed by atoms with van der Waals surface area (Å²) in [7, 11) is 1.53. The van der Waals surface area contributed by atoms with E-state index in [2.05, 4.69) is 5.32 Å². The van der Waals surface area contributed by atoms with Crippen molar-refractivity contribution in [3.05, 3.63) is 29.3 Å². The van der Waals surface area contributed by atoms with Crippen molar-refractivity contribution in [3.63, 3.8) is 0 Å². The van der Waals surface area contributed by atoms with E-state index in [1.807, 2.05) is 0 Å².